The molecule has 1 aliphatic rings. The summed E-state index contributed by atoms with van der Waals surface area (Å²) < 4.78 is 13.9. The summed E-state index contributed by atoms with van der Waals surface area (Å²) in [5, 5.41) is 6.37. The number of guanidine groups is 1. The molecule has 1 aliphatic heterocycles. The van der Waals surface area contributed by atoms with Crippen molar-refractivity contribution in [3.63, 3.8) is 0 Å². The first-order valence-corrected chi connectivity index (χ1v) is 10.0. The van der Waals surface area contributed by atoms with Crippen LogP contribution in [0.2, 0.25) is 0 Å². The molecule has 0 spiro atoms. The summed E-state index contributed by atoms with van der Waals surface area (Å²) in [6.45, 7) is 2.06. The third kappa shape index (κ3) is 7.30. The maximum atomic E-state index is 13.9. The number of aromatic nitrogens is 2. The second-order valence-corrected chi connectivity index (χ2v) is 7.20. The molecule has 2 aromatic heterocycles. The van der Waals surface area contributed by atoms with E-state index in [-0.39, 0.29) is 48.3 Å². The van der Waals surface area contributed by atoms with Crippen molar-refractivity contribution in [1.29, 1.82) is 0 Å². The van der Waals surface area contributed by atoms with Crippen molar-refractivity contribution in [2.75, 3.05) is 45.2 Å². The number of nitrogens with zero attached hydrogens (tertiary/aromatic N) is 5. The third-order valence-electron chi connectivity index (χ3n) is 5.05. The number of nitrogens with one attached hydrogen (secondary N) is 2. The molecule has 1 fully saturated rings. The molecule has 1 unspecified atom stereocenters. The number of hydrogen-bond acceptors (Lipinski definition) is 5. The van der Waals surface area contributed by atoms with Gasteiger partial charge in [0.25, 0.3) is 0 Å². The van der Waals surface area contributed by atoms with Crippen molar-refractivity contribution in [1.82, 2.24) is 25.5 Å². The number of likely N-dealkylation sites (N-methyl/N-ethyl adjacent to an activating group) is 1. The van der Waals surface area contributed by atoms with E-state index < -0.39 is 0 Å². The second kappa shape index (κ2) is 12.4. The molecule has 0 saturated carbocycles. The number of anilines is 1. The second-order valence-electron chi connectivity index (χ2n) is 7.20. The van der Waals surface area contributed by atoms with Gasteiger partial charge in [-0.3, -0.25) is 14.8 Å². The van der Waals surface area contributed by atoms with Gasteiger partial charge in [0.15, 0.2) is 17.6 Å². The van der Waals surface area contributed by atoms with E-state index in [0.717, 1.165) is 12.1 Å². The van der Waals surface area contributed by atoms with Crippen molar-refractivity contribution in [2.24, 2.45) is 4.99 Å². The maximum absolute atomic E-state index is 13.9. The standard InChI is InChI=1S/C21H28FN7O.HI/c1-23-21(26-14-19(30)28(2)12-8-16-6-3-4-10-24-16)27-17-9-13-29(15-17)20-18(22)7-5-11-25-20;/h3-7,10-11,17H,8-9,12-15H2,1-2H3,(H2,23,26,27);1H. The smallest absolute Gasteiger partial charge is 0.241 e. The topological polar surface area (TPSA) is 85.8 Å². The van der Waals surface area contributed by atoms with E-state index in [1.165, 1.54) is 6.07 Å². The maximum Gasteiger partial charge on any atom is 0.241 e. The van der Waals surface area contributed by atoms with Crippen LogP contribution in [0.15, 0.2) is 47.7 Å². The van der Waals surface area contributed by atoms with E-state index >= 15 is 0 Å². The zero-order valence-electron chi connectivity index (χ0n) is 17.8. The number of aliphatic imine (C=N–C) groups is 1. The van der Waals surface area contributed by atoms with Gasteiger partial charge in [-0.1, -0.05) is 6.07 Å². The molecule has 31 heavy (non-hydrogen) atoms. The van der Waals surface area contributed by atoms with E-state index in [2.05, 4.69) is 25.6 Å². The zero-order chi connectivity index (χ0) is 21.3. The molecule has 0 aromatic carbocycles. The lowest BCUT2D eigenvalue weighted by atomic mass is 10.2. The Hall–Kier alpha value is -2.50. The van der Waals surface area contributed by atoms with Gasteiger partial charge in [0.1, 0.15) is 0 Å². The predicted octanol–water partition coefficient (Wildman–Crippen LogP) is 1.68. The minimum Gasteiger partial charge on any atom is -0.352 e. The highest BCUT2D eigenvalue weighted by atomic mass is 127. The van der Waals surface area contributed by atoms with Crippen molar-refractivity contribution in [3.8, 4) is 0 Å². The lowest BCUT2D eigenvalue weighted by Crippen LogP contribution is -2.48. The summed E-state index contributed by atoms with van der Waals surface area (Å²) in [5.41, 5.74) is 0.956. The summed E-state index contributed by atoms with van der Waals surface area (Å²) in [5.74, 6) is 0.571. The molecule has 2 N–H and O–H groups in total. The number of hydrogen-bond donors (Lipinski definition) is 2. The molecule has 0 aliphatic carbocycles. The van der Waals surface area contributed by atoms with Crippen LogP contribution in [0.3, 0.4) is 0 Å². The van der Waals surface area contributed by atoms with Gasteiger partial charge in [0.05, 0.1) is 6.54 Å². The predicted molar refractivity (Wildman–Crippen MR) is 130 cm³/mol. The van der Waals surface area contributed by atoms with Crippen LogP contribution in [-0.4, -0.2) is 73.1 Å². The lowest BCUT2D eigenvalue weighted by Gasteiger charge is -2.21. The summed E-state index contributed by atoms with van der Waals surface area (Å²) >= 11 is 0. The number of carbonyl (C=O) groups is 1. The minimum absolute atomic E-state index is 0. The molecular formula is C21H29FIN7O. The van der Waals surface area contributed by atoms with Gasteiger partial charge in [-0.05, 0) is 30.7 Å². The van der Waals surface area contributed by atoms with Crippen LogP contribution in [0.1, 0.15) is 12.1 Å². The van der Waals surface area contributed by atoms with Gasteiger partial charge < -0.3 is 20.4 Å². The van der Waals surface area contributed by atoms with Crippen LogP contribution in [0, 0.1) is 5.82 Å². The van der Waals surface area contributed by atoms with Crippen molar-refractivity contribution in [3.05, 3.63) is 54.2 Å². The van der Waals surface area contributed by atoms with Crippen LogP contribution in [0.5, 0.6) is 0 Å². The van der Waals surface area contributed by atoms with E-state index in [0.29, 0.717) is 37.8 Å². The largest absolute Gasteiger partial charge is 0.352 e. The number of amides is 1. The first-order chi connectivity index (χ1) is 14.6. The van der Waals surface area contributed by atoms with E-state index in [1.54, 1.807) is 37.5 Å². The number of carbonyl (C=O) groups excluding carboxylic acids is 1. The molecule has 3 rings (SSSR count). The summed E-state index contributed by atoms with van der Waals surface area (Å²) in [6.07, 6.45) is 4.88. The van der Waals surface area contributed by atoms with Gasteiger partial charge >= 0.3 is 0 Å². The molecule has 0 radical (unpaired) electrons. The van der Waals surface area contributed by atoms with Crippen LogP contribution < -0.4 is 15.5 Å². The van der Waals surface area contributed by atoms with Crippen LogP contribution in [-0.2, 0) is 11.2 Å². The average Bonchev–Trinajstić information content (AvgIpc) is 3.24. The SMILES string of the molecule is CN=C(NCC(=O)N(C)CCc1ccccn1)NC1CCN(c2ncccc2F)C1.I. The Bertz CT molecular complexity index is 868. The van der Waals surface area contributed by atoms with Crippen LogP contribution in [0.25, 0.3) is 0 Å². The Kier molecular flexibility index (Phi) is 9.89. The Labute approximate surface area is 199 Å². The highest BCUT2D eigenvalue weighted by Gasteiger charge is 2.26. The zero-order valence-corrected chi connectivity index (χ0v) is 20.1. The monoisotopic (exact) mass is 541 g/mol. The van der Waals surface area contributed by atoms with Gasteiger partial charge in [-0.15, -0.1) is 24.0 Å². The molecule has 3 heterocycles. The quantitative estimate of drug-likeness (QED) is 0.316. The Balaban J connectivity index is 0.00000341. The Morgan fingerprint density at radius 2 is 2.10 bits per heavy atom. The summed E-state index contributed by atoms with van der Waals surface area (Å²) in [6, 6.07) is 8.85. The molecule has 1 amide bonds. The Morgan fingerprint density at radius 1 is 1.29 bits per heavy atom. The van der Waals surface area contributed by atoms with E-state index in [9.17, 15) is 9.18 Å². The summed E-state index contributed by atoms with van der Waals surface area (Å²) in [7, 11) is 3.44. The number of pyridine rings is 2. The third-order valence-corrected chi connectivity index (χ3v) is 5.05. The molecule has 2 aromatic rings. The highest BCUT2D eigenvalue weighted by molar-refractivity contribution is 14.0. The average molecular weight is 541 g/mol. The number of rotatable bonds is 7. The molecule has 1 saturated heterocycles. The first-order valence-electron chi connectivity index (χ1n) is 10.0. The highest BCUT2D eigenvalue weighted by Crippen LogP contribution is 2.20. The minimum atomic E-state index is -0.319. The fourth-order valence-electron chi connectivity index (χ4n) is 3.32. The molecular weight excluding hydrogens is 512 g/mol. The molecule has 1 atom stereocenters. The Morgan fingerprint density at radius 3 is 2.81 bits per heavy atom. The van der Waals surface area contributed by atoms with Crippen LogP contribution in [0.4, 0.5) is 10.2 Å². The molecule has 0 bridgehead atoms. The van der Waals surface area contributed by atoms with Crippen molar-refractivity contribution in [2.45, 2.75) is 18.9 Å². The van der Waals surface area contributed by atoms with Gasteiger partial charge in [-0.25, -0.2) is 9.37 Å². The van der Waals surface area contributed by atoms with E-state index in [1.807, 2.05) is 23.1 Å². The lowest BCUT2D eigenvalue weighted by molar-refractivity contribution is -0.128. The molecule has 168 valence electrons. The fraction of sp³-hybridized carbons (Fsp3) is 0.429. The van der Waals surface area contributed by atoms with Crippen molar-refractivity contribution >= 4 is 41.7 Å². The normalized spacial score (nSPS) is 15.9. The molecule has 8 nitrogen and oxygen atoms in total. The van der Waals surface area contributed by atoms with Gasteiger partial charge in [-0.2, -0.15) is 0 Å². The first kappa shape index (κ1) is 24.8. The van der Waals surface area contributed by atoms with E-state index in [4.69, 9.17) is 0 Å². The van der Waals surface area contributed by atoms with Crippen LogP contribution >= 0.6 is 24.0 Å². The fourth-order valence-corrected chi connectivity index (χ4v) is 3.32. The van der Waals surface area contributed by atoms with Gasteiger partial charge in [0.2, 0.25) is 5.91 Å². The molecule has 10 heteroatoms. The van der Waals surface area contributed by atoms with Gasteiger partial charge in [0, 0.05) is 64.3 Å². The number of halogens is 2. The van der Waals surface area contributed by atoms with Crippen molar-refractivity contribution < 1.29 is 9.18 Å². The summed E-state index contributed by atoms with van der Waals surface area (Å²) in [4.78, 5) is 28.6.